The van der Waals surface area contributed by atoms with E-state index in [1.165, 1.54) is 5.57 Å². The van der Waals surface area contributed by atoms with E-state index in [-0.39, 0.29) is 11.7 Å². The minimum Gasteiger partial charge on any atom is -0.508 e. The number of cyclic esters (lactones) is 1. The molecule has 0 bridgehead atoms. The van der Waals surface area contributed by atoms with E-state index >= 15 is 0 Å². The normalized spacial score (nSPS) is 21.3. The van der Waals surface area contributed by atoms with Crippen LogP contribution in [-0.4, -0.2) is 41.1 Å². The summed E-state index contributed by atoms with van der Waals surface area (Å²) < 4.78 is 5.20. The number of carbonyl (C=O) groups is 2. The van der Waals surface area contributed by atoms with Crippen LogP contribution in [-0.2, 0) is 14.3 Å². The summed E-state index contributed by atoms with van der Waals surface area (Å²) in [6, 6.07) is 0. The fourth-order valence-electron chi connectivity index (χ4n) is 4.34. The first kappa shape index (κ1) is 28.7. The van der Waals surface area contributed by atoms with Crippen LogP contribution in [0.15, 0.2) is 58.4 Å². The number of nitrogens with zero attached hydrogens (tertiary/aromatic N) is 1. The van der Waals surface area contributed by atoms with Gasteiger partial charge in [-0.25, -0.2) is 4.79 Å². The molecule has 2 aliphatic rings. The summed E-state index contributed by atoms with van der Waals surface area (Å²) in [5.41, 5.74) is 3.76. The Morgan fingerprint density at radius 2 is 2.00 bits per heavy atom. The molecule has 0 aromatic heterocycles. The number of hydrogen-bond acceptors (Lipinski definition) is 4. The molecular weight excluding hydrogens is 438 g/mol. The van der Waals surface area contributed by atoms with Crippen LogP contribution in [0.1, 0.15) is 86.5 Å². The van der Waals surface area contributed by atoms with Gasteiger partial charge in [0.25, 0.3) is 0 Å². The summed E-state index contributed by atoms with van der Waals surface area (Å²) in [6.07, 6.45) is 16.8. The predicted octanol–water partition coefficient (Wildman–Crippen LogP) is 6.98. The van der Waals surface area contributed by atoms with Gasteiger partial charge in [-0.15, -0.1) is 0 Å². The van der Waals surface area contributed by atoms with E-state index in [9.17, 15) is 14.7 Å². The third kappa shape index (κ3) is 9.19. The zero-order valence-corrected chi connectivity index (χ0v) is 22.6. The van der Waals surface area contributed by atoms with E-state index in [1.54, 1.807) is 6.92 Å². The summed E-state index contributed by atoms with van der Waals surface area (Å²) >= 11 is 0. The second kappa shape index (κ2) is 14.1. The van der Waals surface area contributed by atoms with E-state index in [0.29, 0.717) is 23.8 Å². The van der Waals surface area contributed by atoms with E-state index in [1.807, 2.05) is 11.8 Å². The Kier molecular flexibility index (Phi) is 11.6. The van der Waals surface area contributed by atoms with Crippen molar-refractivity contribution >= 4 is 11.9 Å². The van der Waals surface area contributed by atoms with Gasteiger partial charge in [-0.05, 0) is 64.7 Å². The summed E-state index contributed by atoms with van der Waals surface area (Å²) in [5.74, 6) is 0.894. The Labute approximate surface area is 212 Å². The molecule has 2 unspecified atom stereocenters. The number of rotatable bonds is 14. The van der Waals surface area contributed by atoms with Crippen LogP contribution in [0.25, 0.3) is 0 Å². The second-order valence-corrected chi connectivity index (χ2v) is 10.4. The molecule has 1 N–H and O–H groups in total. The molecule has 0 radical (unpaired) electrons. The lowest BCUT2D eigenvalue weighted by atomic mass is 10.0. The third-order valence-electron chi connectivity index (χ3n) is 7.05. The van der Waals surface area contributed by atoms with Crippen molar-refractivity contribution in [2.24, 2.45) is 11.8 Å². The number of allylic oxidation sites excluding steroid dienone is 5. The minimum atomic E-state index is -0.532. The van der Waals surface area contributed by atoms with Gasteiger partial charge in [-0.3, -0.25) is 4.79 Å². The van der Waals surface area contributed by atoms with Gasteiger partial charge in [0, 0.05) is 25.1 Å². The largest absolute Gasteiger partial charge is 0.508 e. The van der Waals surface area contributed by atoms with E-state index in [4.69, 9.17) is 4.74 Å². The molecule has 35 heavy (non-hydrogen) atoms. The number of amides is 1. The minimum absolute atomic E-state index is 0.0661. The van der Waals surface area contributed by atoms with E-state index in [2.05, 4.69) is 58.1 Å². The molecule has 2 heterocycles. The fourth-order valence-corrected chi connectivity index (χ4v) is 4.34. The average molecular weight is 484 g/mol. The van der Waals surface area contributed by atoms with Crippen LogP contribution in [0.2, 0.25) is 0 Å². The van der Waals surface area contributed by atoms with Gasteiger partial charge in [-0.1, -0.05) is 68.7 Å². The standard InChI is InChI=1S/C30H45NO4/c1-7-21(2)20-31-18-17-26(29(31)33)16-10-14-23(4)12-8-11-22(3)13-9-15-24(5)19-27-28(32)25(6)30(34)35-27/h8,11-12,15,17,21-22,27,32H,7,9-10,13-14,16,18-20H2,1-6H3/b11-8+,23-12+,24-15-/t21?,22?,27-/m0/s1. The molecule has 0 aliphatic carbocycles. The summed E-state index contributed by atoms with van der Waals surface area (Å²) in [6.45, 7) is 14.0. The lowest BCUT2D eigenvalue weighted by molar-refractivity contribution is -0.140. The maximum atomic E-state index is 12.5. The van der Waals surface area contributed by atoms with Crippen LogP contribution in [0.4, 0.5) is 0 Å². The smallest absolute Gasteiger partial charge is 0.338 e. The van der Waals surface area contributed by atoms with Crippen molar-refractivity contribution in [2.75, 3.05) is 13.1 Å². The van der Waals surface area contributed by atoms with Crippen LogP contribution >= 0.6 is 0 Å². The predicted molar refractivity (Wildman–Crippen MR) is 143 cm³/mol. The number of carbonyl (C=O) groups excluding carboxylic acids is 2. The van der Waals surface area contributed by atoms with Gasteiger partial charge in [0.2, 0.25) is 5.91 Å². The van der Waals surface area contributed by atoms with Crippen LogP contribution in [0.5, 0.6) is 0 Å². The molecule has 2 rings (SSSR count). The van der Waals surface area contributed by atoms with Gasteiger partial charge in [0.1, 0.15) is 5.76 Å². The summed E-state index contributed by atoms with van der Waals surface area (Å²) in [7, 11) is 0. The highest BCUT2D eigenvalue weighted by Gasteiger charge is 2.31. The van der Waals surface area contributed by atoms with Gasteiger partial charge in [-0.2, -0.15) is 0 Å². The molecule has 5 nitrogen and oxygen atoms in total. The monoisotopic (exact) mass is 483 g/mol. The SMILES string of the molecule is CCC(C)CN1CC=C(CCC/C(C)=C/C=C/C(C)CC/C=C(/C)C[C@@H]2OC(=O)C(C)=C2O)C1=O. The first-order valence-electron chi connectivity index (χ1n) is 13.2. The number of hydrogen-bond donors (Lipinski definition) is 1. The van der Waals surface area contributed by atoms with Crippen LogP contribution < -0.4 is 0 Å². The Morgan fingerprint density at radius 3 is 2.66 bits per heavy atom. The molecule has 0 aromatic carbocycles. The lowest BCUT2D eigenvalue weighted by Gasteiger charge is -2.20. The highest BCUT2D eigenvalue weighted by atomic mass is 16.6. The molecule has 2 aliphatic heterocycles. The van der Waals surface area contributed by atoms with Crippen molar-refractivity contribution in [1.82, 2.24) is 4.90 Å². The van der Waals surface area contributed by atoms with Crippen molar-refractivity contribution in [1.29, 1.82) is 0 Å². The Morgan fingerprint density at radius 1 is 1.26 bits per heavy atom. The molecule has 1 amide bonds. The molecule has 3 atom stereocenters. The van der Waals surface area contributed by atoms with Gasteiger partial charge >= 0.3 is 5.97 Å². The Bertz CT molecular complexity index is 905. The van der Waals surface area contributed by atoms with Crippen molar-refractivity contribution in [3.63, 3.8) is 0 Å². The molecule has 0 spiro atoms. The van der Waals surface area contributed by atoms with Gasteiger partial charge in [0.05, 0.1) is 5.57 Å². The molecule has 0 saturated carbocycles. The second-order valence-electron chi connectivity index (χ2n) is 10.4. The van der Waals surface area contributed by atoms with Gasteiger partial charge in [0.15, 0.2) is 6.10 Å². The van der Waals surface area contributed by atoms with Crippen molar-refractivity contribution in [2.45, 2.75) is 92.6 Å². The average Bonchev–Trinajstić information content (AvgIpc) is 3.27. The fraction of sp³-hybridized carbons (Fsp3) is 0.600. The Balaban J connectivity index is 1.65. The molecule has 0 saturated heterocycles. The van der Waals surface area contributed by atoms with Crippen molar-refractivity contribution < 1.29 is 19.4 Å². The third-order valence-corrected chi connectivity index (χ3v) is 7.05. The molecule has 0 fully saturated rings. The topological polar surface area (TPSA) is 66.8 Å². The van der Waals surface area contributed by atoms with E-state index in [0.717, 1.165) is 62.8 Å². The number of ether oxygens (including phenoxy) is 1. The summed E-state index contributed by atoms with van der Waals surface area (Å²) in [4.78, 5) is 26.0. The number of aliphatic hydroxyl groups excluding tert-OH is 1. The lowest BCUT2D eigenvalue weighted by Crippen LogP contribution is -2.31. The van der Waals surface area contributed by atoms with E-state index < -0.39 is 12.1 Å². The quantitative estimate of drug-likeness (QED) is 0.164. The zero-order valence-electron chi connectivity index (χ0n) is 22.6. The van der Waals surface area contributed by atoms with Crippen LogP contribution in [0, 0.1) is 11.8 Å². The highest BCUT2D eigenvalue weighted by Crippen LogP contribution is 2.25. The van der Waals surface area contributed by atoms with Gasteiger partial charge < -0.3 is 14.7 Å². The first-order valence-corrected chi connectivity index (χ1v) is 13.2. The molecule has 0 aromatic rings. The maximum absolute atomic E-state index is 12.5. The molecule has 194 valence electrons. The highest BCUT2D eigenvalue weighted by molar-refractivity contribution is 5.95. The summed E-state index contributed by atoms with van der Waals surface area (Å²) in [5, 5.41) is 9.97. The number of esters is 1. The Hall–Kier alpha value is -2.56. The molecule has 5 heteroatoms. The molecular formula is C30H45NO4. The van der Waals surface area contributed by atoms with Crippen LogP contribution in [0.3, 0.4) is 0 Å². The first-order chi connectivity index (χ1) is 16.6. The maximum Gasteiger partial charge on any atom is 0.338 e. The van der Waals surface area contributed by atoms with Crippen molar-refractivity contribution in [3.05, 3.63) is 58.4 Å². The van der Waals surface area contributed by atoms with Crippen molar-refractivity contribution in [3.8, 4) is 0 Å². The number of aliphatic hydroxyl groups is 1. The zero-order chi connectivity index (χ0) is 26.0.